The van der Waals surface area contributed by atoms with Crippen molar-refractivity contribution in [3.8, 4) is 0 Å². The van der Waals surface area contributed by atoms with Crippen molar-refractivity contribution in [3.63, 3.8) is 0 Å². The van der Waals surface area contributed by atoms with Gasteiger partial charge < -0.3 is 31.0 Å². The van der Waals surface area contributed by atoms with Gasteiger partial charge in [-0.2, -0.15) is 0 Å². The number of amides is 7. The summed E-state index contributed by atoms with van der Waals surface area (Å²) in [4.78, 5) is 114. The lowest BCUT2D eigenvalue weighted by atomic mass is 10.0. The van der Waals surface area contributed by atoms with Crippen LogP contribution in [0.15, 0.2) is 60.9 Å². The van der Waals surface area contributed by atoms with Crippen LogP contribution in [0.3, 0.4) is 0 Å². The molecular weight excluding hydrogens is 686 g/mol. The topological polar surface area (TPSA) is 231 Å². The molecule has 5 atom stereocenters. The number of aromatic nitrogens is 2. The van der Waals surface area contributed by atoms with E-state index in [1.165, 1.54) is 0 Å². The Hall–Kier alpha value is -6.32. The number of carbonyl (C=O) groups is 8. The summed E-state index contributed by atoms with van der Waals surface area (Å²) >= 11 is 0. The molecule has 0 aliphatic carbocycles. The van der Waals surface area contributed by atoms with E-state index in [2.05, 4.69) is 25.9 Å². The molecule has 0 radical (unpaired) electrons. The third-order valence-corrected chi connectivity index (χ3v) is 10.2. The van der Waals surface area contributed by atoms with Gasteiger partial charge in [0.1, 0.15) is 30.2 Å². The lowest BCUT2D eigenvalue weighted by molar-refractivity contribution is -0.155. The van der Waals surface area contributed by atoms with E-state index in [0.29, 0.717) is 16.0 Å². The highest BCUT2D eigenvalue weighted by Gasteiger charge is 2.47. The molecule has 0 spiro atoms. The molecule has 2 aromatic heterocycles. The number of hydrogen-bond donors (Lipinski definition) is 6. The zero-order valence-corrected chi connectivity index (χ0v) is 28.4. The summed E-state index contributed by atoms with van der Waals surface area (Å²) in [7, 11) is 0. The minimum atomic E-state index is -1.44. The van der Waals surface area contributed by atoms with Crippen LogP contribution in [0.25, 0.3) is 21.8 Å². The first-order valence-corrected chi connectivity index (χ1v) is 17.4. The van der Waals surface area contributed by atoms with E-state index in [1.54, 1.807) is 24.5 Å². The second-order valence-electron chi connectivity index (χ2n) is 13.6. The molecular formula is C37H37N7O9. The van der Waals surface area contributed by atoms with E-state index in [0.717, 1.165) is 26.7 Å². The van der Waals surface area contributed by atoms with Gasteiger partial charge in [0.05, 0.1) is 0 Å². The lowest BCUT2D eigenvalue weighted by Crippen LogP contribution is -2.59. The number of benzene rings is 2. The summed E-state index contributed by atoms with van der Waals surface area (Å²) in [6.45, 7) is 0. The van der Waals surface area contributed by atoms with Crippen molar-refractivity contribution < 1.29 is 43.5 Å². The molecule has 16 heteroatoms. The van der Waals surface area contributed by atoms with Crippen LogP contribution in [-0.4, -0.2) is 102 Å². The maximum Gasteiger partial charge on any atom is 0.326 e. The van der Waals surface area contributed by atoms with E-state index in [-0.39, 0.29) is 57.3 Å². The van der Waals surface area contributed by atoms with Gasteiger partial charge in [0, 0.05) is 66.3 Å². The van der Waals surface area contributed by atoms with Gasteiger partial charge in [0.25, 0.3) is 11.8 Å². The maximum absolute atomic E-state index is 14.4. The number of rotatable bonds is 11. The third kappa shape index (κ3) is 6.86. The number of carboxylic acid groups (broad SMARTS) is 1. The number of para-hydroxylation sites is 2. The molecule has 4 aromatic rings. The van der Waals surface area contributed by atoms with Crippen LogP contribution in [0.4, 0.5) is 0 Å². The molecule has 16 nitrogen and oxygen atoms in total. The Morgan fingerprint density at radius 3 is 1.68 bits per heavy atom. The van der Waals surface area contributed by atoms with E-state index >= 15 is 0 Å². The molecule has 274 valence electrons. The van der Waals surface area contributed by atoms with Crippen LogP contribution in [0, 0.1) is 0 Å². The summed E-state index contributed by atoms with van der Waals surface area (Å²) in [6, 6.07) is 8.12. The Kier molecular flexibility index (Phi) is 9.51. The Bertz CT molecular complexity index is 2170. The van der Waals surface area contributed by atoms with Gasteiger partial charge in [-0.15, -0.1) is 0 Å². The molecule has 0 saturated carbocycles. The van der Waals surface area contributed by atoms with Gasteiger partial charge in [-0.3, -0.25) is 43.4 Å². The van der Waals surface area contributed by atoms with Crippen LogP contribution in [0.1, 0.15) is 49.7 Å². The first-order valence-electron chi connectivity index (χ1n) is 17.4. The van der Waals surface area contributed by atoms with Gasteiger partial charge in [0.2, 0.25) is 29.5 Å². The van der Waals surface area contributed by atoms with Crippen LogP contribution < -0.4 is 16.0 Å². The normalized spacial score (nSPS) is 21.2. The molecule has 5 heterocycles. The number of nitrogens with one attached hydrogen (secondary N) is 5. The first kappa shape index (κ1) is 35.1. The molecule has 53 heavy (non-hydrogen) atoms. The zero-order valence-electron chi connectivity index (χ0n) is 28.4. The monoisotopic (exact) mass is 723 g/mol. The van der Waals surface area contributed by atoms with Gasteiger partial charge in [0.15, 0.2) is 0 Å². The van der Waals surface area contributed by atoms with Crippen LogP contribution in [0.5, 0.6) is 0 Å². The highest BCUT2D eigenvalue weighted by atomic mass is 16.4. The van der Waals surface area contributed by atoms with E-state index in [1.807, 2.05) is 36.4 Å². The average molecular weight is 724 g/mol. The van der Waals surface area contributed by atoms with Crippen molar-refractivity contribution >= 4 is 69.1 Å². The van der Waals surface area contributed by atoms with Crippen LogP contribution in [-0.2, 0) is 51.2 Å². The minimum absolute atomic E-state index is 0.0529. The number of hydrogen-bond acceptors (Lipinski definition) is 8. The number of fused-ring (bicyclic) bond motifs is 2. The number of carbonyl (C=O) groups excluding carboxylic acids is 7. The number of carboxylic acids is 1. The van der Waals surface area contributed by atoms with Gasteiger partial charge >= 0.3 is 5.97 Å². The van der Waals surface area contributed by atoms with Crippen molar-refractivity contribution in [1.82, 2.24) is 35.7 Å². The predicted octanol–water partition coefficient (Wildman–Crippen LogP) is 0.802. The van der Waals surface area contributed by atoms with Crippen molar-refractivity contribution in [2.45, 2.75) is 81.6 Å². The largest absolute Gasteiger partial charge is 0.480 e. The number of nitrogens with zero attached hydrogens (tertiary/aromatic N) is 2. The highest BCUT2D eigenvalue weighted by molar-refractivity contribution is 6.08. The van der Waals surface area contributed by atoms with E-state index < -0.39 is 71.6 Å². The molecule has 0 bridgehead atoms. The van der Waals surface area contributed by atoms with E-state index in [4.69, 9.17) is 0 Å². The number of H-pyrrole nitrogens is 2. The van der Waals surface area contributed by atoms with Crippen LogP contribution >= 0.6 is 0 Å². The maximum atomic E-state index is 14.4. The fourth-order valence-corrected chi connectivity index (χ4v) is 7.53. The molecule has 6 N–H and O–H groups in total. The second-order valence-corrected chi connectivity index (χ2v) is 13.6. The Morgan fingerprint density at radius 1 is 0.679 bits per heavy atom. The Morgan fingerprint density at radius 2 is 1.17 bits per heavy atom. The standard InChI is InChI=1S/C37H37N7O9/c45-30-12-9-25(40-30)33(48)41-26(15-19-17-38-23-7-3-1-5-21(19)23)35(50)43-28(10-13-31(43)46)34(49)42-27(16-20-18-39-24-8-4-2-6-22(20)24)36(51)44-29(37(52)53)11-14-32(44)47/h1-8,17-18,25-29,38-39H,9-16H2,(H,40,45)(H,41,48)(H,42,49)(H,52,53)/t25-,26-,27-,28-,29-/m0/s1. The molecule has 0 unspecified atom stereocenters. The number of aliphatic carboxylic acids is 1. The molecule has 7 rings (SSSR count). The Labute approximate surface area is 301 Å². The summed E-state index contributed by atoms with van der Waals surface area (Å²) in [6.07, 6.45) is 3.01. The molecule has 3 aliphatic rings. The quantitative estimate of drug-likeness (QED) is 0.128. The summed E-state index contributed by atoms with van der Waals surface area (Å²) < 4.78 is 0. The van der Waals surface area contributed by atoms with Crippen molar-refractivity contribution in [2.75, 3.05) is 0 Å². The van der Waals surface area contributed by atoms with Crippen molar-refractivity contribution in [3.05, 3.63) is 72.1 Å². The fourth-order valence-electron chi connectivity index (χ4n) is 7.53. The van der Waals surface area contributed by atoms with Gasteiger partial charge in [-0.1, -0.05) is 36.4 Å². The molecule has 7 amide bonds. The Balaban J connectivity index is 1.17. The number of likely N-dealkylation sites (tertiary alicyclic amines) is 2. The van der Waals surface area contributed by atoms with Gasteiger partial charge in [-0.25, -0.2) is 4.79 Å². The zero-order chi connectivity index (χ0) is 37.4. The van der Waals surface area contributed by atoms with Gasteiger partial charge in [-0.05, 0) is 42.5 Å². The second kappa shape index (κ2) is 14.4. The third-order valence-electron chi connectivity index (χ3n) is 10.2. The lowest BCUT2D eigenvalue weighted by Gasteiger charge is -2.30. The average Bonchev–Trinajstić information content (AvgIpc) is 3.99. The number of aromatic amines is 2. The smallest absolute Gasteiger partial charge is 0.326 e. The highest BCUT2D eigenvalue weighted by Crippen LogP contribution is 2.27. The predicted molar refractivity (Wildman–Crippen MR) is 186 cm³/mol. The first-order chi connectivity index (χ1) is 25.5. The SMILES string of the molecule is O=C1CC[C@@H](C(=O)N[C@@H](Cc2c[nH]c3ccccc23)C(=O)N2C(=O)CC[C@H]2C(=O)N[C@@H](Cc2c[nH]c3ccccc23)C(=O)N2C(=O)CC[C@H]2C(=O)O)N1. The molecule has 3 fully saturated rings. The van der Waals surface area contributed by atoms with E-state index in [9.17, 15) is 43.5 Å². The van der Waals surface area contributed by atoms with Crippen molar-refractivity contribution in [2.24, 2.45) is 0 Å². The minimum Gasteiger partial charge on any atom is -0.480 e. The van der Waals surface area contributed by atoms with Crippen molar-refractivity contribution in [1.29, 1.82) is 0 Å². The number of imide groups is 2. The molecule has 3 saturated heterocycles. The fraction of sp³-hybridized carbons (Fsp3) is 0.351. The summed E-state index contributed by atoms with van der Waals surface area (Å²) in [5, 5.41) is 19.2. The molecule has 2 aromatic carbocycles. The summed E-state index contributed by atoms with van der Waals surface area (Å²) in [5.41, 5.74) is 2.80. The van der Waals surface area contributed by atoms with Crippen LogP contribution in [0.2, 0.25) is 0 Å². The molecule has 3 aliphatic heterocycles. The summed E-state index contributed by atoms with van der Waals surface area (Å²) in [5.74, 6) is -6.28.